The van der Waals surface area contributed by atoms with Gasteiger partial charge in [-0.1, -0.05) is 48.5 Å². The molecule has 0 aliphatic heterocycles. The lowest BCUT2D eigenvalue weighted by atomic mass is 9.95. The predicted molar refractivity (Wildman–Crippen MR) is 78.8 cm³/mol. The van der Waals surface area contributed by atoms with E-state index < -0.39 is 0 Å². The molecule has 2 aromatic carbocycles. The Balaban J connectivity index is 1.72. The van der Waals surface area contributed by atoms with Crippen LogP contribution in [0.3, 0.4) is 0 Å². The number of methoxy groups -OCH3 is 1. The zero-order chi connectivity index (χ0) is 13.9. The number of ketones is 1. The lowest BCUT2D eigenvalue weighted by Crippen LogP contribution is -2.12. The number of fused-ring (bicyclic) bond motifs is 1. The largest absolute Gasteiger partial charge is 0.380 e. The van der Waals surface area contributed by atoms with E-state index >= 15 is 0 Å². The molecular formula is C18H18O2. The zero-order valence-electron chi connectivity index (χ0n) is 11.6. The van der Waals surface area contributed by atoms with Gasteiger partial charge in [0.1, 0.15) is 0 Å². The molecule has 1 aliphatic rings. The molecule has 0 N–H and O–H groups in total. The van der Waals surface area contributed by atoms with Gasteiger partial charge in [-0.05, 0) is 29.5 Å². The third kappa shape index (κ3) is 2.52. The van der Waals surface area contributed by atoms with Gasteiger partial charge in [-0.3, -0.25) is 4.79 Å². The summed E-state index contributed by atoms with van der Waals surface area (Å²) in [5.41, 5.74) is 4.49. The summed E-state index contributed by atoms with van der Waals surface area (Å²) in [5.74, 6) is 0.391. The van der Waals surface area contributed by atoms with Crippen molar-refractivity contribution in [1.29, 1.82) is 0 Å². The maximum absolute atomic E-state index is 12.4. The number of hydrogen-bond acceptors (Lipinski definition) is 2. The van der Waals surface area contributed by atoms with Gasteiger partial charge in [-0.2, -0.15) is 0 Å². The average Bonchev–Trinajstić information content (AvgIpc) is 2.79. The molecule has 1 aliphatic carbocycles. The summed E-state index contributed by atoms with van der Waals surface area (Å²) in [4.78, 5) is 12.4. The SMILES string of the molecule is COCc1ccc(CC2Cc3ccccc3C2=O)cc1. The zero-order valence-corrected chi connectivity index (χ0v) is 11.6. The van der Waals surface area contributed by atoms with E-state index in [4.69, 9.17) is 4.74 Å². The lowest BCUT2D eigenvalue weighted by Gasteiger charge is -2.08. The maximum atomic E-state index is 12.4. The number of hydrogen-bond donors (Lipinski definition) is 0. The Bertz CT molecular complexity index is 614. The van der Waals surface area contributed by atoms with Crippen LogP contribution in [0.15, 0.2) is 48.5 Å². The Morgan fingerprint density at radius 2 is 1.75 bits per heavy atom. The summed E-state index contributed by atoms with van der Waals surface area (Å²) in [6, 6.07) is 16.3. The van der Waals surface area contributed by atoms with Gasteiger partial charge in [-0.15, -0.1) is 0 Å². The van der Waals surface area contributed by atoms with Gasteiger partial charge in [0.25, 0.3) is 0 Å². The minimum atomic E-state index is 0.0978. The first-order valence-corrected chi connectivity index (χ1v) is 6.97. The molecule has 2 heteroatoms. The molecule has 20 heavy (non-hydrogen) atoms. The highest BCUT2D eigenvalue weighted by atomic mass is 16.5. The predicted octanol–water partition coefficient (Wildman–Crippen LogP) is 3.43. The van der Waals surface area contributed by atoms with Crippen LogP contribution in [0.4, 0.5) is 0 Å². The van der Waals surface area contributed by atoms with Crippen molar-refractivity contribution < 1.29 is 9.53 Å². The first kappa shape index (κ1) is 13.1. The standard InChI is InChI=1S/C18H18O2/c1-20-12-14-8-6-13(7-9-14)10-16-11-15-4-2-3-5-17(15)18(16)19/h2-9,16H,10-12H2,1H3. The molecule has 0 bridgehead atoms. The first-order chi connectivity index (χ1) is 9.78. The fraction of sp³-hybridized carbons (Fsp3) is 0.278. The van der Waals surface area contributed by atoms with Crippen LogP contribution < -0.4 is 0 Å². The third-order valence-corrected chi connectivity index (χ3v) is 3.94. The minimum Gasteiger partial charge on any atom is -0.380 e. The molecule has 2 aromatic rings. The van der Waals surface area contributed by atoms with E-state index in [0.29, 0.717) is 12.4 Å². The number of rotatable bonds is 4. The number of Topliss-reactive ketones (excluding diaryl/α,β-unsaturated/α-hetero) is 1. The second-order valence-electron chi connectivity index (χ2n) is 5.38. The Kier molecular flexibility index (Phi) is 3.66. The molecule has 0 aromatic heterocycles. The smallest absolute Gasteiger partial charge is 0.166 e. The number of ether oxygens (including phenoxy) is 1. The Morgan fingerprint density at radius 3 is 2.45 bits per heavy atom. The van der Waals surface area contributed by atoms with Crippen LogP contribution in [0.5, 0.6) is 0 Å². The molecule has 0 spiro atoms. The van der Waals surface area contributed by atoms with Gasteiger partial charge >= 0.3 is 0 Å². The Labute approximate surface area is 119 Å². The van der Waals surface area contributed by atoms with E-state index in [2.05, 4.69) is 30.3 Å². The molecule has 1 unspecified atom stereocenters. The normalized spacial score (nSPS) is 17.2. The fourth-order valence-corrected chi connectivity index (χ4v) is 2.90. The summed E-state index contributed by atoms with van der Waals surface area (Å²) >= 11 is 0. The summed E-state index contributed by atoms with van der Waals surface area (Å²) in [6.07, 6.45) is 1.69. The van der Waals surface area contributed by atoms with Crippen LogP contribution >= 0.6 is 0 Å². The van der Waals surface area contributed by atoms with Gasteiger partial charge in [0.15, 0.2) is 5.78 Å². The van der Waals surface area contributed by atoms with Gasteiger partial charge in [0.05, 0.1) is 6.61 Å². The lowest BCUT2D eigenvalue weighted by molar-refractivity contribution is 0.0936. The van der Waals surface area contributed by atoms with Crippen molar-refractivity contribution >= 4 is 5.78 Å². The highest BCUT2D eigenvalue weighted by Gasteiger charge is 2.29. The molecule has 0 heterocycles. The van der Waals surface area contributed by atoms with Crippen molar-refractivity contribution in [2.24, 2.45) is 5.92 Å². The molecule has 0 radical (unpaired) electrons. The molecule has 0 fully saturated rings. The quantitative estimate of drug-likeness (QED) is 0.847. The van der Waals surface area contributed by atoms with Crippen molar-refractivity contribution in [2.75, 3.05) is 7.11 Å². The molecule has 102 valence electrons. The summed E-state index contributed by atoms with van der Waals surface area (Å²) in [5, 5.41) is 0. The van der Waals surface area contributed by atoms with Crippen molar-refractivity contribution in [2.45, 2.75) is 19.4 Å². The Morgan fingerprint density at radius 1 is 1.05 bits per heavy atom. The monoisotopic (exact) mass is 266 g/mol. The van der Waals surface area contributed by atoms with Gasteiger partial charge in [-0.25, -0.2) is 0 Å². The number of carbonyl (C=O) groups is 1. The summed E-state index contributed by atoms with van der Waals surface area (Å²) in [6.45, 7) is 0.633. The fourth-order valence-electron chi connectivity index (χ4n) is 2.90. The topological polar surface area (TPSA) is 26.3 Å². The van der Waals surface area contributed by atoms with Crippen LogP contribution in [-0.4, -0.2) is 12.9 Å². The molecular weight excluding hydrogens is 248 g/mol. The van der Waals surface area contributed by atoms with Gasteiger partial charge in [0.2, 0.25) is 0 Å². The van der Waals surface area contributed by atoms with Crippen LogP contribution in [0.2, 0.25) is 0 Å². The van der Waals surface area contributed by atoms with E-state index in [9.17, 15) is 4.79 Å². The van der Waals surface area contributed by atoms with Gasteiger partial charge in [0, 0.05) is 18.6 Å². The van der Waals surface area contributed by atoms with Crippen LogP contribution in [-0.2, 0) is 24.2 Å². The maximum Gasteiger partial charge on any atom is 0.166 e. The first-order valence-electron chi connectivity index (χ1n) is 6.97. The van der Waals surface area contributed by atoms with Crippen molar-refractivity contribution in [3.05, 3.63) is 70.8 Å². The van der Waals surface area contributed by atoms with Crippen LogP contribution in [0.25, 0.3) is 0 Å². The minimum absolute atomic E-state index is 0.0978. The second-order valence-corrected chi connectivity index (χ2v) is 5.38. The average molecular weight is 266 g/mol. The molecule has 2 nitrogen and oxygen atoms in total. The van der Waals surface area contributed by atoms with E-state index in [1.54, 1.807) is 7.11 Å². The highest BCUT2D eigenvalue weighted by molar-refractivity contribution is 6.02. The third-order valence-electron chi connectivity index (χ3n) is 3.94. The molecule has 0 amide bonds. The summed E-state index contributed by atoms with van der Waals surface area (Å²) < 4.78 is 5.11. The molecule has 3 rings (SSSR count). The van der Waals surface area contributed by atoms with Crippen molar-refractivity contribution in [3.63, 3.8) is 0 Å². The van der Waals surface area contributed by atoms with E-state index in [-0.39, 0.29) is 5.92 Å². The van der Waals surface area contributed by atoms with E-state index in [0.717, 1.165) is 24.0 Å². The van der Waals surface area contributed by atoms with Crippen LogP contribution in [0, 0.1) is 5.92 Å². The van der Waals surface area contributed by atoms with E-state index in [1.807, 2.05) is 18.2 Å². The summed E-state index contributed by atoms with van der Waals surface area (Å²) in [7, 11) is 1.70. The van der Waals surface area contributed by atoms with Crippen LogP contribution in [0.1, 0.15) is 27.0 Å². The Hall–Kier alpha value is -1.93. The van der Waals surface area contributed by atoms with Crippen molar-refractivity contribution in [1.82, 2.24) is 0 Å². The number of carbonyl (C=O) groups excluding carboxylic acids is 1. The molecule has 0 saturated heterocycles. The molecule has 1 atom stereocenters. The number of benzene rings is 2. The van der Waals surface area contributed by atoms with Crippen molar-refractivity contribution in [3.8, 4) is 0 Å². The second kappa shape index (κ2) is 5.59. The van der Waals surface area contributed by atoms with E-state index in [1.165, 1.54) is 11.1 Å². The molecule has 0 saturated carbocycles. The van der Waals surface area contributed by atoms with Gasteiger partial charge < -0.3 is 4.74 Å². The highest BCUT2D eigenvalue weighted by Crippen LogP contribution is 2.29.